The Kier molecular flexibility index (Phi) is 5.18. The summed E-state index contributed by atoms with van der Waals surface area (Å²) >= 11 is 0. The van der Waals surface area contributed by atoms with Crippen molar-refractivity contribution in [3.05, 3.63) is 58.9 Å². The highest BCUT2D eigenvalue weighted by Crippen LogP contribution is 2.33. The van der Waals surface area contributed by atoms with E-state index in [0.29, 0.717) is 36.3 Å². The van der Waals surface area contributed by atoms with Gasteiger partial charge in [0.1, 0.15) is 5.82 Å². The minimum absolute atomic E-state index is 0.0629. The molecule has 0 bridgehead atoms. The fourth-order valence-electron chi connectivity index (χ4n) is 3.72. The fourth-order valence-corrected chi connectivity index (χ4v) is 3.72. The van der Waals surface area contributed by atoms with Crippen LogP contribution in [0.1, 0.15) is 24.0 Å². The van der Waals surface area contributed by atoms with Crippen LogP contribution >= 0.6 is 0 Å². The molecule has 0 aliphatic carbocycles. The van der Waals surface area contributed by atoms with Gasteiger partial charge in [-0.3, -0.25) is 14.4 Å². The van der Waals surface area contributed by atoms with Crippen molar-refractivity contribution in [3.8, 4) is 0 Å². The van der Waals surface area contributed by atoms with Crippen molar-refractivity contribution in [3.63, 3.8) is 0 Å². The maximum atomic E-state index is 13.8. The van der Waals surface area contributed by atoms with Crippen molar-refractivity contribution in [2.45, 2.75) is 31.4 Å². The lowest BCUT2D eigenvalue weighted by molar-refractivity contribution is -0.149. The topological polar surface area (TPSA) is 98.7 Å². The van der Waals surface area contributed by atoms with Crippen LogP contribution in [-0.4, -0.2) is 35.0 Å². The largest absolute Gasteiger partial charge is 0.372 e. The predicted octanol–water partition coefficient (Wildman–Crippen LogP) is 1.77. The van der Waals surface area contributed by atoms with Crippen LogP contribution in [0, 0.1) is 17.5 Å². The number of benzene rings is 2. The number of hydrogen-bond donors (Lipinski definition) is 3. The number of aliphatic hydroxyl groups is 1. The highest BCUT2D eigenvalue weighted by atomic mass is 19.2. The fraction of sp³-hybridized carbons (Fsp3) is 0.286. The van der Waals surface area contributed by atoms with Gasteiger partial charge in [-0.1, -0.05) is 0 Å². The molecule has 0 unspecified atom stereocenters. The van der Waals surface area contributed by atoms with E-state index in [2.05, 4.69) is 10.6 Å². The lowest BCUT2D eigenvalue weighted by atomic mass is 10.0. The van der Waals surface area contributed by atoms with Crippen LogP contribution in [0.25, 0.3) is 0 Å². The van der Waals surface area contributed by atoms with Gasteiger partial charge in [-0.25, -0.2) is 13.2 Å². The number of hydrogen-bond acceptors (Lipinski definition) is 4. The van der Waals surface area contributed by atoms with Gasteiger partial charge in [0.25, 0.3) is 11.8 Å². The van der Waals surface area contributed by atoms with Gasteiger partial charge in [-0.05, 0) is 36.2 Å². The SMILES string of the molecule is O=C1CCc2cc(N3CC[C@](O)(C(=O)NCc4cc(F)c(F)cc4F)C3=O)ccc2N1. The van der Waals surface area contributed by atoms with E-state index in [0.717, 1.165) is 5.56 Å². The maximum absolute atomic E-state index is 13.8. The second-order valence-corrected chi connectivity index (χ2v) is 7.50. The Morgan fingerprint density at radius 3 is 2.61 bits per heavy atom. The number of aryl methyl sites for hydroxylation is 1. The third kappa shape index (κ3) is 3.74. The zero-order valence-corrected chi connectivity index (χ0v) is 16.2. The summed E-state index contributed by atoms with van der Waals surface area (Å²) in [6.45, 7) is -0.469. The molecular weight excluding hydrogens is 415 g/mol. The highest BCUT2D eigenvalue weighted by Gasteiger charge is 2.51. The van der Waals surface area contributed by atoms with E-state index < -0.39 is 41.4 Å². The molecule has 10 heteroatoms. The van der Waals surface area contributed by atoms with Crippen LogP contribution < -0.4 is 15.5 Å². The van der Waals surface area contributed by atoms with E-state index in [-0.39, 0.29) is 24.4 Å². The molecule has 1 fully saturated rings. The molecule has 162 valence electrons. The third-order valence-electron chi connectivity index (χ3n) is 5.50. The first-order valence-corrected chi connectivity index (χ1v) is 9.58. The van der Waals surface area contributed by atoms with Gasteiger partial charge in [-0.2, -0.15) is 0 Å². The molecule has 2 aromatic rings. The van der Waals surface area contributed by atoms with E-state index >= 15 is 0 Å². The smallest absolute Gasteiger partial charge is 0.268 e. The first-order valence-electron chi connectivity index (χ1n) is 9.58. The summed E-state index contributed by atoms with van der Waals surface area (Å²) in [5.41, 5.74) is -0.754. The molecule has 1 atom stereocenters. The van der Waals surface area contributed by atoms with Crippen molar-refractivity contribution in [2.24, 2.45) is 0 Å². The van der Waals surface area contributed by atoms with Crippen molar-refractivity contribution in [1.29, 1.82) is 0 Å². The van der Waals surface area contributed by atoms with Crippen LogP contribution in [0.5, 0.6) is 0 Å². The lowest BCUT2D eigenvalue weighted by Crippen LogP contribution is -2.52. The lowest BCUT2D eigenvalue weighted by Gasteiger charge is -2.24. The normalized spacial score (nSPS) is 20.5. The molecule has 7 nitrogen and oxygen atoms in total. The number of fused-ring (bicyclic) bond motifs is 1. The number of amides is 3. The number of carbonyl (C=O) groups is 3. The van der Waals surface area contributed by atoms with E-state index in [4.69, 9.17) is 0 Å². The van der Waals surface area contributed by atoms with Crippen LogP contribution in [0.2, 0.25) is 0 Å². The molecule has 3 N–H and O–H groups in total. The molecule has 2 aliphatic heterocycles. The summed E-state index contributed by atoms with van der Waals surface area (Å²) < 4.78 is 40.1. The van der Waals surface area contributed by atoms with Gasteiger partial charge in [0, 0.05) is 48.9 Å². The molecule has 2 aromatic carbocycles. The van der Waals surface area contributed by atoms with E-state index in [1.165, 1.54) is 4.90 Å². The second-order valence-electron chi connectivity index (χ2n) is 7.50. The molecule has 3 amide bonds. The minimum Gasteiger partial charge on any atom is -0.372 e. The van der Waals surface area contributed by atoms with Crippen molar-refractivity contribution >= 4 is 29.1 Å². The summed E-state index contributed by atoms with van der Waals surface area (Å²) in [7, 11) is 0. The predicted molar refractivity (Wildman–Crippen MR) is 103 cm³/mol. The number of carbonyl (C=O) groups excluding carboxylic acids is 3. The molecular formula is C21H18F3N3O4. The maximum Gasteiger partial charge on any atom is 0.268 e. The van der Waals surface area contributed by atoms with E-state index in [1.807, 2.05) is 0 Å². The molecule has 1 saturated heterocycles. The quantitative estimate of drug-likeness (QED) is 0.506. The number of anilines is 2. The average molecular weight is 433 g/mol. The summed E-state index contributed by atoms with van der Waals surface area (Å²) in [4.78, 5) is 38.1. The van der Waals surface area contributed by atoms with Crippen LogP contribution in [-0.2, 0) is 27.3 Å². The Balaban J connectivity index is 1.48. The molecule has 2 aliphatic rings. The monoisotopic (exact) mass is 433 g/mol. The number of nitrogens with one attached hydrogen (secondary N) is 2. The first kappa shape index (κ1) is 20.9. The standard InChI is InChI=1S/C21H18F3N3O4/c22-14-9-16(24)15(23)8-12(14)10-25-19(29)21(31)5-6-27(20(21)30)13-2-3-17-11(7-13)1-4-18(28)26-17/h2-3,7-9,31H,1,4-6,10H2,(H,25,29)(H,26,28)/t21-/m0/s1. The molecule has 0 spiro atoms. The van der Waals surface area contributed by atoms with Gasteiger partial charge in [0.05, 0.1) is 0 Å². The Morgan fingerprint density at radius 2 is 1.84 bits per heavy atom. The van der Waals surface area contributed by atoms with Crippen molar-refractivity contribution in [1.82, 2.24) is 5.32 Å². The first-order chi connectivity index (χ1) is 14.7. The summed E-state index contributed by atoms with van der Waals surface area (Å²) in [5, 5.41) is 15.6. The third-order valence-corrected chi connectivity index (χ3v) is 5.50. The number of nitrogens with zero attached hydrogens (tertiary/aromatic N) is 1. The number of halogens is 3. The Morgan fingerprint density at radius 1 is 1.10 bits per heavy atom. The minimum atomic E-state index is -2.38. The van der Waals surface area contributed by atoms with Gasteiger partial charge < -0.3 is 20.6 Å². The zero-order chi connectivity index (χ0) is 22.3. The van der Waals surface area contributed by atoms with Gasteiger partial charge in [0.15, 0.2) is 11.6 Å². The molecule has 0 radical (unpaired) electrons. The Hall–Kier alpha value is -3.40. The summed E-state index contributed by atoms with van der Waals surface area (Å²) in [6, 6.07) is 5.92. The van der Waals surface area contributed by atoms with Gasteiger partial charge in [-0.15, -0.1) is 0 Å². The molecule has 0 saturated carbocycles. The second kappa shape index (κ2) is 7.69. The molecule has 31 heavy (non-hydrogen) atoms. The van der Waals surface area contributed by atoms with Crippen LogP contribution in [0.15, 0.2) is 30.3 Å². The Bertz CT molecular complexity index is 1110. The van der Waals surface area contributed by atoms with Crippen LogP contribution in [0.3, 0.4) is 0 Å². The van der Waals surface area contributed by atoms with Gasteiger partial charge >= 0.3 is 0 Å². The summed E-state index contributed by atoms with van der Waals surface area (Å²) in [5.74, 6) is -5.72. The van der Waals surface area contributed by atoms with E-state index in [1.54, 1.807) is 18.2 Å². The van der Waals surface area contributed by atoms with Gasteiger partial charge in [0.2, 0.25) is 11.5 Å². The zero-order valence-electron chi connectivity index (χ0n) is 16.2. The van der Waals surface area contributed by atoms with Crippen molar-refractivity contribution in [2.75, 3.05) is 16.8 Å². The van der Waals surface area contributed by atoms with Crippen molar-refractivity contribution < 1.29 is 32.7 Å². The van der Waals surface area contributed by atoms with E-state index in [9.17, 15) is 32.7 Å². The van der Waals surface area contributed by atoms with Crippen LogP contribution in [0.4, 0.5) is 24.5 Å². The molecule has 4 rings (SSSR count). The average Bonchev–Trinajstić information content (AvgIpc) is 3.05. The highest BCUT2D eigenvalue weighted by molar-refractivity contribution is 6.16. The molecule has 0 aromatic heterocycles. The number of rotatable bonds is 4. The summed E-state index contributed by atoms with van der Waals surface area (Å²) in [6.07, 6.45) is 0.616. The molecule has 2 heterocycles. The Labute approximate surface area is 174 Å².